The Balaban J connectivity index is 1.56. The van der Waals surface area contributed by atoms with Crippen molar-refractivity contribution in [3.05, 3.63) is 11.9 Å². The van der Waals surface area contributed by atoms with Crippen molar-refractivity contribution in [3.8, 4) is 0 Å². The topological polar surface area (TPSA) is 68.8 Å². The predicted octanol–water partition coefficient (Wildman–Crippen LogP) is 1.02. The van der Waals surface area contributed by atoms with Crippen molar-refractivity contribution in [3.63, 3.8) is 0 Å². The minimum absolute atomic E-state index is 0.339. The fourth-order valence-corrected chi connectivity index (χ4v) is 3.98. The molecular formula is C13H23N5. The summed E-state index contributed by atoms with van der Waals surface area (Å²) in [5.74, 6) is 8.55. The van der Waals surface area contributed by atoms with Crippen LogP contribution in [-0.4, -0.2) is 21.0 Å². The van der Waals surface area contributed by atoms with Crippen LogP contribution in [0.5, 0.6) is 0 Å². The molecule has 0 saturated heterocycles. The highest BCUT2D eigenvalue weighted by molar-refractivity contribution is 4.98. The number of nitrogens with two attached hydrogens (primary N) is 1. The molecule has 100 valence electrons. The Kier molecular flexibility index (Phi) is 3.35. The van der Waals surface area contributed by atoms with E-state index in [-0.39, 0.29) is 0 Å². The minimum atomic E-state index is 0.339. The van der Waals surface area contributed by atoms with Crippen LogP contribution >= 0.6 is 0 Å². The van der Waals surface area contributed by atoms with Gasteiger partial charge in [-0.3, -0.25) is 16.0 Å². The van der Waals surface area contributed by atoms with Gasteiger partial charge in [-0.05, 0) is 43.4 Å². The summed E-state index contributed by atoms with van der Waals surface area (Å²) in [6.45, 7) is 0. The van der Waals surface area contributed by atoms with Crippen LogP contribution in [-0.2, 0) is 13.5 Å². The highest BCUT2D eigenvalue weighted by Gasteiger charge is 2.40. The number of fused-ring (bicyclic) bond motifs is 2. The van der Waals surface area contributed by atoms with Gasteiger partial charge in [0.05, 0.1) is 5.69 Å². The summed E-state index contributed by atoms with van der Waals surface area (Å²) < 4.78 is 1.75. The first-order valence-corrected chi connectivity index (χ1v) is 7.06. The second-order valence-corrected chi connectivity index (χ2v) is 6.12. The third kappa shape index (κ3) is 2.42. The lowest BCUT2D eigenvalue weighted by atomic mass is 9.83. The standard InChI is InChI=1S/C13H23N5/c1-18-8-13(16-17-18)7-12(15-14)6-11-5-9-2-3-10(11)4-9/h8-12,15H,2-7,14H2,1H3. The van der Waals surface area contributed by atoms with E-state index in [0.717, 1.165) is 29.9 Å². The Hall–Kier alpha value is -0.940. The van der Waals surface area contributed by atoms with E-state index >= 15 is 0 Å². The van der Waals surface area contributed by atoms with Gasteiger partial charge in [-0.25, -0.2) is 0 Å². The minimum Gasteiger partial charge on any atom is -0.271 e. The van der Waals surface area contributed by atoms with Gasteiger partial charge in [-0.15, -0.1) is 5.10 Å². The molecule has 1 aromatic heterocycles. The fraction of sp³-hybridized carbons (Fsp3) is 0.846. The number of aryl methyl sites for hydroxylation is 1. The van der Waals surface area contributed by atoms with E-state index in [4.69, 9.17) is 5.84 Å². The van der Waals surface area contributed by atoms with E-state index < -0.39 is 0 Å². The number of aromatic nitrogens is 3. The van der Waals surface area contributed by atoms with Crippen LogP contribution in [0.3, 0.4) is 0 Å². The number of nitrogens with one attached hydrogen (secondary N) is 1. The maximum atomic E-state index is 5.70. The smallest absolute Gasteiger partial charge is 0.0843 e. The summed E-state index contributed by atoms with van der Waals surface area (Å²) >= 11 is 0. The fourth-order valence-electron chi connectivity index (χ4n) is 3.98. The van der Waals surface area contributed by atoms with E-state index in [1.807, 2.05) is 13.2 Å². The summed E-state index contributed by atoms with van der Waals surface area (Å²) in [4.78, 5) is 0. The van der Waals surface area contributed by atoms with Crippen LogP contribution < -0.4 is 11.3 Å². The molecule has 0 radical (unpaired) electrons. The molecule has 0 aromatic carbocycles. The van der Waals surface area contributed by atoms with Crippen molar-refractivity contribution in [2.45, 2.75) is 44.6 Å². The maximum Gasteiger partial charge on any atom is 0.0843 e. The second kappa shape index (κ2) is 4.97. The summed E-state index contributed by atoms with van der Waals surface area (Å²) in [5.41, 5.74) is 4.00. The molecular weight excluding hydrogens is 226 g/mol. The number of nitrogens with zero attached hydrogens (tertiary/aromatic N) is 3. The first kappa shape index (κ1) is 12.1. The van der Waals surface area contributed by atoms with E-state index in [1.54, 1.807) is 4.68 Å². The number of hydrogen-bond donors (Lipinski definition) is 2. The summed E-state index contributed by atoms with van der Waals surface area (Å²) in [7, 11) is 1.90. The van der Waals surface area contributed by atoms with Gasteiger partial charge >= 0.3 is 0 Å². The van der Waals surface area contributed by atoms with E-state index in [9.17, 15) is 0 Å². The molecule has 3 N–H and O–H groups in total. The SMILES string of the molecule is Cn1cc(CC(CC2CC3CCC2C3)NN)nn1. The molecule has 5 heteroatoms. The average molecular weight is 249 g/mol. The van der Waals surface area contributed by atoms with E-state index in [2.05, 4.69) is 15.7 Å². The Morgan fingerprint density at radius 3 is 2.94 bits per heavy atom. The molecule has 2 aliphatic rings. The molecule has 3 rings (SSSR count). The van der Waals surface area contributed by atoms with Gasteiger partial charge in [0.1, 0.15) is 0 Å². The van der Waals surface area contributed by atoms with Crippen LogP contribution in [0.15, 0.2) is 6.20 Å². The largest absolute Gasteiger partial charge is 0.271 e. The normalized spacial score (nSPS) is 32.0. The molecule has 2 bridgehead atoms. The molecule has 0 spiro atoms. The van der Waals surface area contributed by atoms with Gasteiger partial charge in [-0.2, -0.15) is 0 Å². The summed E-state index contributed by atoms with van der Waals surface area (Å²) in [6, 6.07) is 0.339. The van der Waals surface area contributed by atoms with Crippen molar-refractivity contribution in [2.75, 3.05) is 0 Å². The number of rotatable bonds is 5. The van der Waals surface area contributed by atoms with Gasteiger partial charge in [0.15, 0.2) is 0 Å². The van der Waals surface area contributed by atoms with Gasteiger partial charge in [0.25, 0.3) is 0 Å². The van der Waals surface area contributed by atoms with Crippen LogP contribution in [0, 0.1) is 17.8 Å². The van der Waals surface area contributed by atoms with Crippen molar-refractivity contribution in [1.82, 2.24) is 20.4 Å². The molecule has 2 aliphatic carbocycles. The zero-order valence-corrected chi connectivity index (χ0v) is 11.0. The van der Waals surface area contributed by atoms with Gasteiger partial charge < -0.3 is 0 Å². The van der Waals surface area contributed by atoms with Crippen LogP contribution in [0.1, 0.15) is 37.8 Å². The predicted molar refractivity (Wildman–Crippen MR) is 69.4 cm³/mol. The van der Waals surface area contributed by atoms with Crippen molar-refractivity contribution < 1.29 is 0 Å². The summed E-state index contributed by atoms with van der Waals surface area (Å²) in [6.07, 6.45) is 9.85. The maximum absolute atomic E-state index is 5.70. The average Bonchev–Trinajstić information content (AvgIpc) is 3.05. The molecule has 2 fully saturated rings. The Morgan fingerprint density at radius 1 is 1.50 bits per heavy atom. The third-order valence-corrected chi connectivity index (χ3v) is 4.81. The molecule has 18 heavy (non-hydrogen) atoms. The van der Waals surface area contributed by atoms with Crippen molar-refractivity contribution >= 4 is 0 Å². The highest BCUT2D eigenvalue weighted by atomic mass is 15.4. The third-order valence-electron chi connectivity index (χ3n) is 4.81. The first-order chi connectivity index (χ1) is 8.74. The quantitative estimate of drug-likeness (QED) is 0.604. The lowest BCUT2D eigenvalue weighted by molar-refractivity contribution is 0.277. The van der Waals surface area contributed by atoms with E-state index in [1.165, 1.54) is 32.1 Å². The molecule has 1 aromatic rings. The zero-order chi connectivity index (χ0) is 12.5. The zero-order valence-electron chi connectivity index (χ0n) is 11.0. The van der Waals surface area contributed by atoms with Gasteiger partial charge in [-0.1, -0.05) is 11.6 Å². The van der Waals surface area contributed by atoms with Crippen LogP contribution in [0.2, 0.25) is 0 Å². The number of hydrogen-bond acceptors (Lipinski definition) is 4. The Bertz CT molecular complexity index is 402. The van der Waals surface area contributed by atoms with Gasteiger partial charge in [0, 0.05) is 25.7 Å². The van der Waals surface area contributed by atoms with Crippen LogP contribution in [0.25, 0.3) is 0 Å². The van der Waals surface area contributed by atoms with Crippen molar-refractivity contribution in [2.24, 2.45) is 30.6 Å². The molecule has 4 unspecified atom stereocenters. The lowest BCUT2D eigenvalue weighted by Gasteiger charge is -2.25. The molecule has 0 amide bonds. The lowest BCUT2D eigenvalue weighted by Crippen LogP contribution is -2.39. The molecule has 0 aliphatic heterocycles. The summed E-state index contributed by atoms with van der Waals surface area (Å²) in [5, 5.41) is 8.12. The molecule has 1 heterocycles. The first-order valence-electron chi connectivity index (χ1n) is 7.06. The molecule has 4 atom stereocenters. The Morgan fingerprint density at radius 2 is 2.39 bits per heavy atom. The number of hydrazine groups is 1. The monoisotopic (exact) mass is 249 g/mol. The van der Waals surface area contributed by atoms with E-state index in [0.29, 0.717) is 6.04 Å². The van der Waals surface area contributed by atoms with Crippen molar-refractivity contribution in [1.29, 1.82) is 0 Å². The van der Waals surface area contributed by atoms with Crippen LogP contribution in [0.4, 0.5) is 0 Å². The Labute approximate surface area is 108 Å². The second-order valence-electron chi connectivity index (χ2n) is 6.12. The molecule has 5 nitrogen and oxygen atoms in total. The highest BCUT2D eigenvalue weighted by Crippen LogP contribution is 2.49. The van der Waals surface area contributed by atoms with Gasteiger partial charge in [0.2, 0.25) is 0 Å². The molecule has 2 saturated carbocycles.